The zero-order valence-electron chi connectivity index (χ0n) is 12.5. The van der Waals surface area contributed by atoms with E-state index in [0.717, 1.165) is 0 Å². The number of anilines is 1. The van der Waals surface area contributed by atoms with Crippen LogP contribution in [0.5, 0.6) is 0 Å². The fourth-order valence-corrected chi connectivity index (χ4v) is 1.83. The van der Waals surface area contributed by atoms with Crippen LogP contribution in [0.15, 0.2) is 18.3 Å². The maximum atomic E-state index is 11.9. The third-order valence-electron chi connectivity index (χ3n) is 2.85. The van der Waals surface area contributed by atoms with E-state index in [1.807, 2.05) is 19.9 Å². The molecule has 6 heteroatoms. The van der Waals surface area contributed by atoms with Gasteiger partial charge in [-0.3, -0.25) is 4.79 Å². The molecule has 0 fully saturated rings. The van der Waals surface area contributed by atoms with Gasteiger partial charge in [-0.05, 0) is 24.5 Å². The standard InChI is InChI=1S/C15H19N5O/c1-11(2)6-13(8-17)19-15(21)10-20(3)14-5-4-12(7-16)9-18-14/h4-5,9,11,13H,6,10H2,1-3H3,(H,19,21). The van der Waals surface area contributed by atoms with Gasteiger partial charge in [0.05, 0.1) is 18.2 Å². The first-order valence-electron chi connectivity index (χ1n) is 6.72. The minimum atomic E-state index is -0.472. The lowest BCUT2D eigenvalue weighted by Crippen LogP contribution is -2.41. The number of pyridine rings is 1. The summed E-state index contributed by atoms with van der Waals surface area (Å²) in [7, 11) is 1.73. The molecule has 0 saturated heterocycles. The summed E-state index contributed by atoms with van der Waals surface area (Å²) in [6.45, 7) is 4.11. The average molecular weight is 285 g/mol. The molecule has 0 spiro atoms. The number of likely N-dealkylation sites (N-methyl/N-ethyl adjacent to an activating group) is 1. The Bertz CT molecular complexity index is 553. The van der Waals surface area contributed by atoms with Crippen LogP contribution in [0.1, 0.15) is 25.8 Å². The number of nitriles is 2. The van der Waals surface area contributed by atoms with Crippen molar-refractivity contribution >= 4 is 11.7 Å². The highest BCUT2D eigenvalue weighted by molar-refractivity contribution is 5.81. The molecule has 0 saturated carbocycles. The fraction of sp³-hybridized carbons (Fsp3) is 0.467. The van der Waals surface area contributed by atoms with Crippen molar-refractivity contribution in [1.29, 1.82) is 10.5 Å². The zero-order valence-corrected chi connectivity index (χ0v) is 12.5. The molecule has 1 amide bonds. The van der Waals surface area contributed by atoms with Gasteiger partial charge in [0.2, 0.25) is 5.91 Å². The summed E-state index contributed by atoms with van der Waals surface area (Å²) < 4.78 is 0. The second kappa shape index (κ2) is 7.86. The number of carbonyl (C=O) groups excluding carboxylic acids is 1. The summed E-state index contributed by atoms with van der Waals surface area (Å²) in [4.78, 5) is 17.7. The summed E-state index contributed by atoms with van der Waals surface area (Å²) in [5.41, 5.74) is 0.470. The molecule has 1 unspecified atom stereocenters. The van der Waals surface area contributed by atoms with Gasteiger partial charge in [0.15, 0.2) is 0 Å². The smallest absolute Gasteiger partial charge is 0.240 e. The second-order valence-corrected chi connectivity index (χ2v) is 5.25. The van der Waals surface area contributed by atoms with Crippen molar-refractivity contribution in [3.63, 3.8) is 0 Å². The van der Waals surface area contributed by atoms with Crippen LogP contribution in [0, 0.1) is 28.6 Å². The van der Waals surface area contributed by atoms with Crippen molar-refractivity contribution < 1.29 is 4.79 Å². The van der Waals surface area contributed by atoms with E-state index in [9.17, 15) is 4.79 Å². The summed E-state index contributed by atoms with van der Waals surface area (Å²) in [6, 6.07) is 6.94. The quantitative estimate of drug-likeness (QED) is 0.853. The Balaban J connectivity index is 2.57. The van der Waals surface area contributed by atoms with Crippen LogP contribution in [-0.4, -0.2) is 30.5 Å². The normalized spacial score (nSPS) is 11.3. The Hall–Kier alpha value is -2.60. The topological polar surface area (TPSA) is 92.8 Å². The minimum absolute atomic E-state index is 0.106. The highest BCUT2D eigenvalue weighted by atomic mass is 16.2. The van der Waals surface area contributed by atoms with E-state index in [1.54, 1.807) is 24.1 Å². The number of hydrogen-bond donors (Lipinski definition) is 1. The van der Waals surface area contributed by atoms with Gasteiger partial charge >= 0.3 is 0 Å². The number of rotatable bonds is 6. The van der Waals surface area contributed by atoms with Crippen LogP contribution in [0.25, 0.3) is 0 Å². The molecule has 21 heavy (non-hydrogen) atoms. The third-order valence-corrected chi connectivity index (χ3v) is 2.85. The lowest BCUT2D eigenvalue weighted by atomic mass is 10.1. The predicted molar refractivity (Wildman–Crippen MR) is 79.2 cm³/mol. The van der Waals surface area contributed by atoms with Crippen molar-refractivity contribution in [2.45, 2.75) is 26.3 Å². The van der Waals surface area contributed by atoms with Crippen molar-refractivity contribution in [3.05, 3.63) is 23.9 Å². The molecular weight excluding hydrogens is 266 g/mol. The van der Waals surface area contributed by atoms with Crippen LogP contribution in [0.2, 0.25) is 0 Å². The Labute approximate surface area is 125 Å². The van der Waals surface area contributed by atoms with Gasteiger partial charge in [-0.15, -0.1) is 0 Å². The molecule has 6 nitrogen and oxygen atoms in total. The van der Waals surface area contributed by atoms with E-state index in [4.69, 9.17) is 10.5 Å². The second-order valence-electron chi connectivity index (χ2n) is 5.25. The molecule has 1 aromatic heterocycles. The summed E-state index contributed by atoms with van der Waals surface area (Å²) in [5, 5.41) is 20.4. The van der Waals surface area contributed by atoms with Gasteiger partial charge in [0.25, 0.3) is 0 Å². The Kier molecular flexibility index (Phi) is 6.16. The number of hydrogen-bond acceptors (Lipinski definition) is 5. The van der Waals surface area contributed by atoms with Gasteiger partial charge in [0, 0.05) is 13.2 Å². The molecule has 1 N–H and O–H groups in total. The summed E-state index contributed by atoms with van der Waals surface area (Å²) in [5.74, 6) is 0.713. The van der Waals surface area contributed by atoms with Gasteiger partial charge in [-0.1, -0.05) is 13.8 Å². The van der Waals surface area contributed by atoms with E-state index in [-0.39, 0.29) is 12.5 Å². The number of amides is 1. The van der Waals surface area contributed by atoms with Crippen molar-refractivity contribution in [3.8, 4) is 12.1 Å². The van der Waals surface area contributed by atoms with Gasteiger partial charge in [0.1, 0.15) is 17.9 Å². The third kappa shape index (κ3) is 5.50. The maximum Gasteiger partial charge on any atom is 0.240 e. The van der Waals surface area contributed by atoms with Gasteiger partial charge < -0.3 is 10.2 Å². The first-order valence-corrected chi connectivity index (χ1v) is 6.72. The number of nitrogens with one attached hydrogen (secondary N) is 1. The minimum Gasteiger partial charge on any atom is -0.350 e. The number of aromatic nitrogens is 1. The molecule has 0 aliphatic carbocycles. The van der Waals surface area contributed by atoms with Crippen molar-refractivity contribution in [1.82, 2.24) is 10.3 Å². The molecular formula is C15H19N5O. The van der Waals surface area contributed by atoms with E-state index in [2.05, 4.69) is 16.4 Å². The van der Waals surface area contributed by atoms with E-state index in [0.29, 0.717) is 23.7 Å². The Morgan fingerprint density at radius 2 is 2.14 bits per heavy atom. The van der Waals surface area contributed by atoms with Gasteiger partial charge in [-0.25, -0.2) is 4.98 Å². The van der Waals surface area contributed by atoms with Crippen LogP contribution < -0.4 is 10.2 Å². The molecule has 1 atom stereocenters. The monoisotopic (exact) mass is 285 g/mol. The first-order chi connectivity index (χ1) is 9.96. The van der Waals surface area contributed by atoms with E-state index in [1.165, 1.54) is 6.20 Å². The lowest BCUT2D eigenvalue weighted by molar-refractivity contribution is -0.120. The molecule has 1 heterocycles. The highest BCUT2D eigenvalue weighted by Gasteiger charge is 2.15. The van der Waals surface area contributed by atoms with Crippen LogP contribution in [-0.2, 0) is 4.79 Å². The molecule has 0 bridgehead atoms. The molecule has 1 rings (SSSR count). The predicted octanol–water partition coefficient (Wildman–Crippen LogP) is 1.44. The number of nitrogens with zero attached hydrogens (tertiary/aromatic N) is 4. The Morgan fingerprint density at radius 3 is 2.62 bits per heavy atom. The van der Waals surface area contributed by atoms with Gasteiger partial charge in [-0.2, -0.15) is 10.5 Å². The van der Waals surface area contributed by atoms with Crippen molar-refractivity contribution in [2.75, 3.05) is 18.5 Å². The average Bonchev–Trinajstić information content (AvgIpc) is 2.45. The molecule has 0 aromatic carbocycles. The lowest BCUT2D eigenvalue weighted by Gasteiger charge is -2.19. The number of carbonyl (C=O) groups is 1. The SMILES string of the molecule is CC(C)CC(C#N)NC(=O)CN(C)c1ccc(C#N)cn1. The largest absolute Gasteiger partial charge is 0.350 e. The van der Waals surface area contributed by atoms with Crippen LogP contribution in [0.3, 0.4) is 0 Å². The molecule has 0 aliphatic heterocycles. The zero-order chi connectivity index (χ0) is 15.8. The summed E-state index contributed by atoms with van der Waals surface area (Å²) in [6.07, 6.45) is 2.08. The molecule has 0 radical (unpaired) electrons. The van der Waals surface area contributed by atoms with Crippen LogP contribution in [0.4, 0.5) is 5.82 Å². The summed E-state index contributed by atoms with van der Waals surface area (Å²) >= 11 is 0. The molecule has 1 aromatic rings. The molecule has 0 aliphatic rings. The Morgan fingerprint density at radius 1 is 1.43 bits per heavy atom. The highest BCUT2D eigenvalue weighted by Crippen LogP contribution is 2.09. The van der Waals surface area contributed by atoms with Crippen molar-refractivity contribution in [2.24, 2.45) is 5.92 Å². The van der Waals surface area contributed by atoms with Crippen LogP contribution >= 0.6 is 0 Å². The maximum absolute atomic E-state index is 11.9. The van der Waals surface area contributed by atoms with E-state index >= 15 is 0 Å². The molecule has 110 valence electrons. The fourth-order valence-electron chi connectivity index (χ4n) is 1.83. The first kappa shape index (κ1) is 16.5. The van der Waals surface area contributed by atoms with E-state index < -0.39 is 6.04 Å².